The lowest BCUT2D eigenvalue weighted by atomic mass is 9.91. The molecule has 1 aliphatic heterocycles. The van der Waals surface area contributed by atoms with Gasteiger partial charge in [-0.15, -0.1) is 5.53 Å². The van der Waals surface area contributed by atoms with Crippen molar-refractivity contribution in [3.05, 3.63) is 101 Å². The summed E-state index contributed by atoms with van der Waals surface area (Å²) in [7, 11) is 0. The largest absolute Gasteiger partial charge is 0.280 e. The average Bonchev–Trinajstić information content (AvgIpc) is 3.28. The van der Waals surface area contributed by atoms with E-state index in [1.807, 2.05) is 0 Å². The standard InChI is InChI=1S/C32H41N3/c1-21(2)26-16-12-17-27(22(3)4)31(26)34-20-30(25-14-10-9-11-15-25)35(33-34)32-28(23(5)6)18-13-19-29(32)24(7)8/h9-19,21-24,30,33H,1-8H3. The van der Waals surface area contributed by atoms with Crippen LogP contribution >= 0.6 is 0 Å². The number of hydrogen-bond donors (Lipinski definition) is 1. The van der Waals surface area contributed by atoms with E-state index in [4.69, 9.17) is 0 Å². The number of benzene rings is 3. The summed E-state index contributed by atoms with van der Waals surface area (Å²) in [6, 6.07) is 24.2. The topological polar surface area (TPSA) is 18.5 Å². The Kier molecular flexibility index (Phi) is 7.56. The van der Waals surface area contributed by atoms with Gasteiger partial charge in [0.2, 0.25) is 0 Å². The Balaban J connectivity index is 1.91. The molecule has 0 bridgehead atoms. The maximum absolute atomic E-state index is 3.84. The van der Waals surface area contributed by atoms with Crippen LogP contribution < -0.4 is 15.6 Å². The van der Waals surface area contributed by atoms with E-state index >= 15 is 0 Å². The van der Waals surface area contributed by atoms with Crippen LogP contribution in [-0.2, 0) is 0 Å². The van der Waals surface area contributed by atoms with E-state index in [0.717, 1.165) is 0 Å². The van der Waals surface area contributed by atoms with E-state index in [1.165, 1.54) is 39.2 Å². The van der Waals surface area contributed by atoms with E-state index in [1.54, 1.807) is 0 Å². The Hall–Kier alpha value is -2.78. The fourth-order valence-corrected chi connectivity index (χ4v) is 5.09. The van der Waals surface area contributed by atoms with Gasteiger partial charge in [-0.2, -0.15) is 0 Å². The summed E-state index contributed by atoms with van der Waals surface area (Å²) in [5.74, 6) is 1.63. The summed E-state index contributed by atoms with van der Waals surface area (Å²) in [6.45, 7) is 22.1. The Morgan fingerprint density at radius 3 is 1.43 bits per heavy atom. The summed E-state index contributed by atoms with van der Waals surface area (Å²) in [6.07, 6.45) is 0. The number of hydrogen-bond acceptors (Lipinski definition) is 3. The van der Waals surface area contributed by atoms with Gasteiger partial charge in [0, 0.05) is 0 Å². The van der Waals surface area contributed by atoms with E-state index in [2.05, 4.69) is 144 Å². The van der Waals surface area contributed by atoms with Gasteiger partial charge >= 0.3 is 0 Å². The molecule has 1 saturated heterocycles. The number of para-hydroxylation sites is 2. The van der Waals surface area contributed by atoms with Crippen LogP contribution in [0.4, 0.5) is 11.4 Å². The van der Waals surface area contributed by atoms with Crippen LogP contribution in [0, 0.1) is 6.54 Å². The lowest BCUT2D eigenvalue weighted by Gasteiger charge is -2.33. The van der Waals surface area contributed by atoms with Crippen molar-refractivity contribution in [2.24, 2.45) is 0 Å². The summed E-state index contributed by atoms with van der Waals surface area (Å²) in [5.41, 5.74) is 12.9. The first-order valence-corrected chi connectivity index (χ1v) is 13.1. The van der Waals surface area contributed by atoms with Gasteiger partial charge in [-0.3, -0.25) is 10.0 Å². The van der Waals surface area contributed by atoms with E-state index in [-0.39, 0.29) is 6.04 Å². The number of rotatable bonds is 7. The third kappa shape index (κ3) is 4.97. The maximum Gasteiger partial charge on any atom is 0.143 e. The Labute approximate surface area is 213 Å². The predicted octanol–water partition coefficient (Wildman–Crippen LogP) is 8.71. The van der Waals surface area contributed by atoms with Crippen molar-refractivity contribution in [2.45, 2.75) is 85.1 Å². The maximum atomic E-state index is 3.84. The minimum absolute atomic E-state index is 0.0474. The first kappa shape index (κ1) is 25.3. The van der Waals surface area contributed by atoms with Crippen LogP contribution in [0.25, 0.3) is 0 Å². The fraction of sp³-hybridized carbons (Fsp3) is 0.406. The number of nitrogens with one attached hydrogen (secondary N) is 1. The van der Waals surface area contributed by atoms with Crippen molar-refractivity contribution in [3.8, 4) is 0 Å². The molecule has 4 rings (SSSR count). The molecule has 1 unspecified atom stereocenters. The highest BCUT2D eigenvalue weighted by Crippen LogP contribution is 2.45. The molecule has 2 radical (unpaired) electrons. The summed E-state index contributed by atoms with van der Waals surface area (Å²) in [4.78, 5) is 0. The monoisotopic (exact) mass is 467 g/mol. The van der Waals surface area contributed by atoms with Gasteiger partial charge in [-0.1, -0.05) is 122 Å². The highest BCUT2D eigenvalue weighted by Gasteiger charge is 2.38. The molecular formula is C32H41N3. The van der Waals surface area contributed by atoms with E-state index < -0.39 is 0 Å². The van der Waals surface area contributed by atoms with Crippen molar-refractivity contribution >= 4 is 11.4 Å². The molecule has 0 aromatic heterocycles. The first-order chi connectivity index (χ1) is 16.7. The Bertz CT molecular complexity index is 1080. The van der Waals surface area contributed by atoms with Crippen LogP contribution in [0.15, 0.2) is 66.7 Å². The molecule has 1 aliphatic rings. The van der Waals surface area contributed by atoms with Crippen molar-refractivity contribution < 1.29 is 0 Å². The lowest BCUT2D eigenvalue weighted by Crippen LogP contribution is -2.41. The molecule has 0 aliphatic carbocycles. The normalized spacial score (nSPS) is 16.4. The number of anilines is 2. The van der Waals surface area contributed by atoms with Crippen LogP contribution in [0.1, 0.15) is 113 Å². The molecule has 184 valence electrons. The van der Waals surface area contributed by atoms with Gasteiger partial charge in [0.05, 0.1) is 11.4 Å². The van der Waals surface area contributed by atoms with Crippen molar-refractivity contribution in [1.29, 1.82) is 0 Å². The first-order valence-electron chi connectivity index (χ1n) is 13.1. The smallest absolute Gasteiger partial charge is 0.143 e. The zero-order valence-corrected chi connectivity index (χ0v) is 22.6. The third-order valence-corrected chi connectivity index (χ3v) is 6.98. The highest BCUT2D eigenvalue weighted by molar-refractivity contribution is 5.69. The van der Waals surface area contributed by atoms with Crippen LogP contribution in [0.2, 0.25) is 0 Å². The molecule has 1 heterocycles. The van der Waals surface area contributed by atoms with Crippen LogP contribution in [-0.4, -0.2) is 0 Å². The minimum Gasteiger partial charge on any atom is -0.280 e. The van der Waals surface area contributed by atoms with Gasteiger partial charge in [0.25, 0.3) is 0 Å². The van der Waals surface area contributed by atoms with Crippen molar-refractivity contribution in [3.63, 3.8) is 0 Å². The lowest BCUT2D eigenvalue weighted by molar-refractivity contribution is 0.662. The molecule has 1 atom stereocenters. The van der Waals surface area contributed by atoms with Gasteiger partial charge in [0.1, 0.15) is 12.6 Å². The Morgan fingerprint density at radius 2 is 1.00 bits per heavy atom. The summed E-state index contributed by atoms with van der Waals surface area (Å²) in [5, 5.41) is 4.52. The van der Waals surface area contributed by atoms with Gasteiger partial charge in [-0.05, 0) is 51.5 Å². The van der Waals surface area contributed by atoms with Crippen LogP contribution in [0.5, 0.6) is 0 Å². The molecular weight excluding hydrogens is 426 g/mol. The SMILES string of the molecule is CC(C)c1cccc(C(C)C)c1N1[C]C(c2ccccc2)N(c2c(C(C)C)cccc2C(C)C)N1. The molecule has 0 saturated carbocycles. The number of nitrogens with zero attached hydrogens (tertiary/aromatic N) is 2. The van der Waals surface area contributed by atoms with Gasteiger partial charge in [-0.25, -0.2) is 0 Å². The Morgan fingerprint density at radius 1 is 0.571 bits per heavy atom. The highest BCUT2D eigenvalue weighted by atomic mass is 15.8. The summed E-state index contributed by atoms with van der Waals surface area (Å²) >= 11 is 0. The van der Waals surface area contributed by atoms with E-state index in [9.17, 15) is 0 Å². The third-order valence-electron chi connectivity index (χ3n) is 6.98. The molecule has 1 fully saturated rings. The zero-order chi connectivity index (χ0) is 25.3. The fourth-order valence-electron chi connectivity index (χ4n) is 5.09. The predicted molar refractivity (Wildman–Crippen MR) is 150 cm³/mol. The molecule has 3 nitrogen and oxygen atoms in total. The second kappa shape index (κ2) is 10.5. The molecule has 35 heavy (non-hydrogen) atoms. The quantitative estimate of drug-likeness (QED) is 0.375. The molecule has 3 heteroatoms. The molecule has 0 spiro atoms. The van der Waals surface area contributed by atoms with Crippen molar-refractivity contribution in [2.75, 3.05) is 10.0 Å². The van der Waals surface area contributed by atoms with Gasteiger partial charge < -0.3 is 0 Å². The van der Waals surface area contributed by atoms with Crippen molar-refractivity contribution in [1.82, 2.24) is 5.53 Å². The second-order valence-electron chi connectivity index (χ2n) is 10.9. The van der Waals surface area contributed by atoms with Crippen LogP contribution in [0.3, 0.4) is 0 Å². The average molecular weight is 468 g/mol. The summed E-state index contributed by atoms with van der Waals surface area (Å²) < 4.78 is 0. The zero-order valence-electron chi connectivity index (χ0n) is 22.6. The molecule has 3 aromatic carbocycles. The molecule has 3 aromatic rings. The molecule has 1 N–H and O–H groups in total. The van der Waals surface area contributed by atoms with Gasteiger partial charge in [0.15, 0.2) is 0 Å². The number of hydrazine groups is 2. The van der Waals surface area contributed by atoms with E-state index in [0.29, 0.717) is 23.7 Å². The minimum atomic E-state index is -0.0474. The second-order valence-corrected chi connectivity index (χ2v) is 10.9. The molecule has 0 amide bonds.